The van der Waals surface area contributed by atoms with Gasteiger partial charge < -0.3 is 5.11 Å². The van der Waals surface area contributed by atoms with Crippen LogP contribution in [-0.4, -0.2) is 9.67 Å². The molecular weight excluding hydrogens is 200 g/mol. The molecule has 0 saturated carbocycles. The Kier molecular flexibility index (Phi) is 2.52. The molecule has 2 aromatic rings. The molecule has 1 heterocycles. The number of hydrogen-bond donors (Lipinski definition) is 1. The number of nitrogens with zero attached hydrogens (tertiary/aromatic N) is 2. The molecule has 0 amide bonds. The Bertz CT molecular complexity index is 606. The Morgan fingerprint density at radius 2 is 2.06 bits per heavy atom. The number of aromatic nitrogens is 2. The smallest absolute Gasteiger partial charge is 0.324 e. The molecule has 0 radical (unpaired) electrons. The Labute approximate surface area is 94.2 Å². The van der Waals surface area contributed by atoms with E-state index in [0.717, 1.165) is 16.3 Å². The van der Waals surface area contributed by atoms with Crippen LogP contribution in [0.2, 0.25) is 0 Å². The van der Waals surface area contributed by atoms with Gasteiger partial charge in [0.15, 0.2) is 0 Å². The Hall–Kier alpha value is -2.03. The highest BCUT2D eigenvalue weighted by molar-refractivity contribution is 5.49. The molecule has 0 aliphatic heterocycles. The summed E-state index contributed by atoms with van der Waals surface area (Å²) in [6.07, 6.45) is 3.80. The van der Waals surface area contributed by atoms with Gasteiger partial charge in [-0.15, -0.1) is 0 Å². The van der Waals surface area contributed by atoms with E-state index in [-0.39, 0.29) is 5.76 Å². The second-order valence-electron chi connectivity index (χ2n) is 3.85. The van der Waals surface area contributed by atoms with Crippen molar-refractivity contribution in [1.82, 2.24) is 4.57 Å². The fraction of sp³-hybridized carbons (Fsp3) is 0.154. The molecule has 3 nitrogen and oxygen atoms in total. The van der Waals surface area contributed by atoms with Gasteiger partial charge in [0, 0.05) is 5.22 Å². The van der Waals surface area contributed by atoms with Crippen molar-refractivity contribution in [2.75, 3.05) is 0 Å². The van der Waals surface area contributed by atoms with Crippen LogP contribution in [0.25, 0.3) is 12.3 Å². The second kappa shape index (κ2) is 3.85. The van der Waals surface area contributed by atoms with Gasteiger partial charge in [-0.25, -0.2) is 9.13 Å². The van der Waals surface area contributed by atoms with E-state index in [9.17, 15) is 5.11 Å². The first-order chi connectivity index (χ1) is 7.61. The molecule has 0 spiro atoms. The van der Waals surface area contributed by atoms with E-state index in [1.165, 1.54) is 0 Å². The topological polar surface area (TPSA) is 29.0 Å². The average molecular weight is 215 g/mol. The summed E-state index contributed by atoms with van der Waals surface area (Å²) in [4.78, 5) is 0. The van der Waals surface area contributed by atoms with Gasteiger partial charge in [0.25, 0.3) is 0 Å². The van der Waals surface area contributed by atoms with Gasteiger partial charge in [-0.2, -0.15) is 0 Å². The minimum atomic E-state index is 0.251. The van der Waals surface area contributed by atoms with E-state index in [2.05, 4.69) is 6.58 Å². The Morgan fingerprint density at radius 3 is 2.62 bits per heavy atom. The lowest BCUT2D eigenvalue weighted by Crippen LogP contribution is -2.35. The largest absolute Gasteiger partial charge is 0.501 e. The number of rotatable bonds is 1. The minimum Gasteiger partial charge on any atom is -0.501 e. The summed E-state index contributed by atoms with van der Waals surface area (Å²) in [6, 6.07) is 7.55. The lowest BCUT2D eigenvalue weighted by molar-refractivity contribution is -0.674. The summed E-state index contributed by atoms with van der Waals surface area (Å²) < 4.78 is 3.75. The average Bonchev–Trinajstić information content (AvgIpc) is 2.58. The van der Waals surface area contributed by atoms with Crippen molar-refractivity contribution >= 4 is 12.3 Å². The molecule has 0 saturated heterocycles. The molecule has 3 heteroatoms. The Balaban J connectivity index is 2.81. The van der Waals surface area contributed by atoms with Crippen molar-refractivity contribution in [1.29, 1.82) is 0 Å². The molecule has 2 rings (SSSR count). The standard InChI is InChI=1S/C13H14N2O/c1-10-6-4-5-7-11(10)12(16)13-14(2)8-9-15(13)3/h4-9H,1H2,2-3H3/p+1/b12-11+. The summed E-state index contributed by atoms with van der Waals surface area (Å²) in [5.74, 6) is 1.01. The maximum Gasteiger partial charge on any atom is 0.324 e. The van der Waals surface area contributed by atoms with Crippen molar-refractivity contribution in [2.45, 2.75) is 0 Å². The molecule has 16 heavy (non-hydrogen) atoms. The number of aliphatic hydroxyl groups is 1. The maximum absolute atomic E-state index is 10.3. The van der Waals surface area contributed by atoms with E-state index >= 15 is 0 Å². The monoisotopic (exact) mass is 215 g/mol. The third kappa shape index (κ3) is 1.60. The van der Waals surface area contributed by atoms with Crippen molar-refractivity contribution in [3.05, 3.63) is 52.9 Å². The highest BCUT2D eigenvalue weighted by Crippen LogP contribution is 2.00. The summed E-state index contributed by atoms with van der Waals surface area (Å²) in [7, 11) is 3.80. The van der Waals surface area contributed by atoms with Crippen LogP contribution in [0.4, 0.5) is 0 Å². The molecule has 0 unspecified atom stereocenters. The second-order valence-corrected chi connectivity index (χ2v) is 3.85. The number of aryl methyl sites for hydroxylation is 2. The summed E-state index contributed by atoms with van der Waals surface area (Å²) in [6.45, 7) is 3.91. The lowest BCUT2D eigenvalue weighted by atomic mass is 10.2. The van der Waals surface area contributed by atoms with Crippen molar-refractivity contribution in [3.63, 3.8) is 0 Å². The third-order valence-electron chi connectivity index (χ3n) is 2.67. The Morgan fingerprint density at radius 1 is 1.38 bits per heavy atom. The third-order valence-corrected chi connectivity index (χ3v) is 2.67. The van der Waals surface area contributed by atoms with Gasteiger partial charge in [-0.3, -0.25) is 0 Å². The first-order valence-corrected chi connectivity index (χ1v) is 5.10. The molecule has 82 valence electrons. The van der Waals surface area contributed by atoms with Crippen molar-refractivity contribution < 1.29 is 9.67 Å². The first-order valence-electron chi connectivity index (χ1n) is 5.10. The highest BCUT2D eigenvalue weighted by Gasteiger charge is 2.16. The van der Waals surface area contributed by atoms with Crippen LogP contribution in [-0.2, 0) is 14.1 Å². The number of benzene rings is 1. The van der Waals surface area contributed by atoms with E-state index < -0.39 is 0 Å². The fourth-order valence-corrected chi connectivity index (χ4v) is 1.80. The fourth-order valence-electron chi connectivity index (χ4n) is 1.80. The molecular formula is C13H15N2O+. The maximum atomic E-state index is 10.3. The van der Waals surface area contributed by atoms with Gasteiger partial charge >= 0.3 is 5.82 Å². The van der Waals surface area contributed by atoms with Crippen molar-refractivity contribution in [2.24, 2.45) is 14.1 Å². The molecule has 0 fully saturated rings. The van der Waals surface area contributed by atoms with Crippen LogP contribution in [0.1, 0.15) is 5.82 Å². The van der Waals surface area contributed by atoms with Crippen LogP contribution in [0, 0.1) is 0 Å². The molecule has 1 aromatic carbocycles. The van der Waals surface area contributed by atoms with Crippen LogP contribution >= 0.6 is 0 Å². The number of aliphatic hydroxyl groups excluding tert-OH is 1. The van der Waals surface area contributed by atoms with Crippen LogP contribution in [0.15, 0.2) is 36.7 Å². The molecule has 0 aliphatic carbocycles. The zero-order valence-corrected chi connectivity index (χ0v) is 9.51. The van der Waals surface area contributed by atoms with Gasteiger partial charge in [-0.1, -0.05) is 30.8 Å². The van der Waals surface area contributed by atoms with Gasteiger partial charge in [0.05, 0.1) is 14.1 Å². The molecule has 1 N–H and O–H groups in total. The van der Waals surface area contributed by atoms with E-state index in [4.69, 9.17) is 0 Å². The molecule has 0 bridgehead atoms. The van der Waals surface area contributed by atoms with E-state index in [1.807, 2.05) is 59.9 Å². The SMILES string of the molecule is C=c1cccc/c1=C(\O)c1n(C)cc[n+]1C. The van der Waals surface area contributed by atoms with Crippen LogP contribution < -0.4 is 15.0 Å². The molecule has 0 aliphatic rings. The highest BCUT2D eigenvalue weighted by atomic mass is 16.3. The lowest BCUT2D eigenvalue weighted by Gasteiger charge is -1.98. The summed E-state index contributed by atoms with van der Waals surface area (Å²) >= 11 is 0. The first kappa shape index (κ1) is 10.5. The van der Waals surface area contributed by atoms with Crippen LogP contribution in [0.3, 0.4) is 0 Å². The van der Waals surface area contributed by atoms with Crippen molar-refractivity contribution in [3.8, 4) is 0 Å². The van der Waals surface area contributed by atoms with E-state index in [0.29, 0.717) is 0 Å². The predicted octanol–water partition coefficient (Wildman–Crippen LogP) is -0.0256. The minimum absolute atomic E-state index is 0.251. The summed E-state index contributed by atoms with van der Waals surface area (Å²) in [5.41, 5.74) is 0. The molecule has 1 aromatic heterocycles. The zero-order chi connectivity index (χ0) is 11.7. The van der Waals surface area contributed by atoms with E-state index in [1.54, 1.807) is 0 Å². The zero-order valence-electron chi connectivity index (χ0n) is 9.51. The van der Waals surface area contributed by atoms with Gasteiger partial charge in [0.1, 0.15) is 12.4 Å². The number of imidazole rings is 1. The number of hydrogen-bond acceptors (Lipinski definition) is 1. The normalized spacial score (nSPS) is 12.6. The predicted molar refractivity (Wildman–Crippen MR) is 62.9 cm³/mol. The summed E-state index contributed by atoms with van der Waals surface area (Å²) in [5, 5.41) is 11.8. The van der Waals surface area contributed by atoms with Gasteiger partial charge in [0.2, 0.25) is 5.76 Å². The molecule has 0 atom stereocenters. The van der Waals surface area contributed by atoms with Gasteiger partial charge in [-0.05, 0) is 5.22 Å². The van der Waals surface area contributed by atoms with Crippen LogP contribution in [0.5, 0.6) is 0 Å². The quantitative estimate of drug-likeness (QED) is 0.665.